The summed E-state index contributed by atoms with van der Waals surface area (Å²) in [5.74, 6) is 0.0429. The van der Waals surface area contributed by atoms with Crippen molar-refractivity contribution < 1.29 is 4.79 Å². The number of H-pyrrole nitrogens is 1. The molecule has 0 saturated heterocycles. The third-order valence-corrected chi connectivity index (χ3v) is 4.90. The summed E-state index contributed by atoms with van der Waals surface area (Å²) in [6.45, 7) is 11.8. The van der Waals surface area contributed by atoms with Crippen LogP contribution >= 0.6 is 11.8 Å². The Morgan fingerprint density at radius 2 is 1.72 bits per heavy atom. The topological polar surface area (TPSA) is 74.8 Å². The van der Waals surface area contributed by atoms with E-state index >= 15 is 0 Å². The number of nitrogens with one attached hydrogen (secondary N) is 2. The molecule has 6 heteroatoms. The molecule has 25 heavy (non-hydrogen) atoms. The molecule has 0 aliphatic rings. The van der Waals surface area contributed by atoms with E-state index in [4.69, 9.17) is 0 Å². The van der Waals surface area contributed by atoms with Crippen molar-refractivity contribution in [2.24, 2.45) is 0 Å². The fraction of sp³-hybridized carbons (Fsp3) is 0.421. The smallest absolute Gasteiger partial charge is 0.251 e. The van der Waals surface area contributed by atoms with E-state index in [0.717, 1.165) is 22.5 Å². The van der Waals surface area contributed by atoms with Crippen LogP contribution in [-0.2, 0) is 4.79 Å². The number of amides is 1. The number of aromatic nitrogens is 2. The lowest BCUT2D eigenvalue weighted by Gasteiger charge is -2.16. The molecule has 134 valence electrons. The minimum absolute atomic E-state index is 0.113. The summed E-state index contributed by atoms with van der Waals surface area (Å²) in [6.07, 6.45) is 0. The van der Waals surface area contributed by atoms with Gasteiger partial charge in [-0.2, -0.15) is 0 Å². The monoisotopic (exact) mass is 359 g/mol. The summed E-state index contributed by atoms with van der Waals surface area (Å²) in [5, 5.41) is 3.08. The van der Waals surface area contributed by atoms with Gasteiger partial charge in [0.05, 0.1) is 10.9 Å². The third kappa shape index (κ3) is 4.95. The van der Waals surface area contributed by atoms with Gasteiger partial charge in [0.25, 0.3) is 5.56 Å². The van der Waals surface area contributed by atoms with Crippen molar-refractivity contribution in [3.05, 3.63) is 50.9 Å². The normalized spacial score (nSPS) is 12.3. The van der Waals surface area contributed by atoms with Gasteiger partial charge >= 0.3 is 0 Å². The maximum absolute atomic E-state index is 12.6. The van der Waals surface area contributed by atoms with Crippen LogP contribution in [-0.4, -0.2) is 21.1 Å². The molecule has 1 atom stereocenters. The summed E-state index contributed by atoms with van der Waals surface area (Å²) >= 11 is 1.25. The van der Waals surface area contributed by atoms with Crippen LogP contribution in [0.15, 0.2) is 28.2 Å². The highest BCUT2D eigenvalue weighted by Gasteiger charge is 2.18. The third-order valence-electron chi connectivity index (χ3n) is 3.91. The van der Waals surface area contributed by atoms with E-state index in [1.54, 1.807) is 6.92 Å². The van der Waals surface area contributed by atoms with E-state index < -0.39 is 0 Å². The van der Waals surface area contributed by atoms with Crippen molar-refractivity contribution in [3.8, 4) is 0 Å². The first-order valence-corrected chi connectivity index (χ1v) is 9.22. The van der Waals surface area contributed by atoms with E-state index in [1.165, 1.54) is 23.4 Å². The standard InChI is InChI=1S/C19H25N3O2S/c1-10(2)15-9-16(23)21-19(20-15)25-14(6)18(24)22-17-12(4)7-11(3)8-13(17)5/h7-10,14H,1-6H3,(H,22,24)(H,20,21,23). The Bertz CT molecular complexity index is 820. The Morgan fingerprint density at radius 1 is 1.12 bits per heavy atom. The second-order valence-corrected chi connectivity index (χ2v) is 7.98. The van der Waals surface area contributed by atoms with Gasteiger partial charge < -0.3 is 10.3 Å². The van der Waals surface area contributed by atoms with Crippen molar-refractivity contribution in [1.82, 2.24) is 9.97 Å². The predicted octanol–water partition coefficient (Wildman–Crippen LogP) is 3.94. The van der Waals surface area contributed by atoms with Gasteiger partial charge in [0.15, 0.2) is 5.16 Å². The van der Waals surface area contributed by atoms with Gasteiger partial charge in [0, 0.05) is 11.8 Å². The molecule has 1 heterocycles. The second-order valence-electron chi connectivity index (χ2n) is 6.65. The van der Waals surface area contributed by atoms with Gasteiger partial charge in [-0.05, 0) is 44.7 Å². The van der Waals surface area contributed by atoms with E-state index in [9.17, 15) is 9.59 Å². The maximum Gasteiger partial charge on any atom is 0.251 e. The van der Waals surface area contributed by atoms with Gasteiger partial charge in [0.2, 0.25) is 5.91 Å². The average molecular weight is 359 g/mol. The minimum Gasteiger partial charge on any atom is -0.325 e. The number of benzene rings is 1. The SMILES string of the molecule is Cc1cc(C)c(NC(=O)C(C)Sc2nc(C(C)C)cc(=O)[nH]2)c(C)c1. The lowest BCUT2D eigenvalue weighted by atomic mass is 10.1. The lowest BCUT2D eigenvalue weighted by Crippen LogP contribution is -2.24. The maximum atomic E-state index is 12.6. The number of nitrogens with zero attached hydrogens (tertiary/aromatic N) is 1. The number of carbonyl (C=O) groups excluding carboxylic acids is 1. The first-order valence-electron chi connectivity index (χ1n) is 8.34. The molecule has 2 rings (SSSR count). The van der Waals surface area contributed by atoms with Crippen LogP contribution in [0.3, 0.4) is 0 Å². The molecule has 0 fully saturated rings. The van der Waals surface area contributed by atoms with Crippen molar-refractivity contribution in [3.63, 3.8) is 0 Å². The Balaban J connectivity index is 2.15. The van der Waals surface area contributed by atoms with Crippen molar-refractivity contribution in [2.45, 2.75) is 57.9 Å². The molecular formula is C19H25N3O2S. The molecule has 0 radical (unpaired) electrons. The molecule has 0 bridgehead atoms. The summed E-state index contributed by atoms with van der Waals surface area (Å²) in [6, 6.07) is 5.59. The average Bonchev–Trinajstić information content (AvgIpc) is 2.49. The summed E-state index contributed by atoms with van der Waals surface area (Å²) in [4.78, 5) is 31.5. The lowest BCUT2D eigenvalue weighted by molar-refractivity contribution is -0.115. The molecular weight excluding hydrogens is 334 g/mol. The molecule has 2 aromatic rings. The molecule has 0 aliphatic heterocycles. The summed E-state index contributed by atoms with van der Waals surface area (Å²) in [7, 11) is 0. The van der Waals surface area contributed by atoms with Gasteiger partial charge in [-0.3, -0.25) is 9.59 Å². The fourth-order valence-electron chi connectivity index (χ4n) is 2.63. The molecule has 0 saturated carbocycles. The zero-order valence-corrected chi connectivity index (χ0v) is 16.4. The molecule has 1 unspecified atom stereocenters. The van der Waals surface area contributed by atoms with Crippen LogP contribution in [0, 0.1) is 20.8 Å². The Labute approximate surface area is 152 Å². The van der Waals surface area contributed by atoms with E-state index in [0.29, 0.717) is 5.16 Å². The number of aromatic amines is 1. The largest absolute Gasteiger partial charge is 0.325 e. The Hall–Kier alpha value is -2.08. The van der Waals surface area contributed by atoms with E-state index in [-0.39, 0.29) is 22.6 Å². The molecule has 1 aromatic heterocycles. The van der Waals surface area contributed by atoms with Crippen LogP contribution < -0.4 is 10.9 Å². The highest BCUT2D eigenvalue weighted by atomic mass is 32.2. The number of hydrogen-bond acceptors (Lipinski definition) is 4. The summed E-state index contributed by atoms with van der Waals surface area (Å²) in [5.41, 5.74) is 4.62. The van der Waals surface area contributed by atoms with Gasteiger partial charge in [-0.15, -0.1) is 0 Å². The molecule has 1 amide bonds. The molecule has 2 N–H and O–H groups in total. The van der Waals surface area contributed by atoms with E-state index in [1.807, 2.05) is 46.8 Å². The highest BCUT2D eigenvalue weighted by molar-refractivity contribution is 8.00. The number of rotatable bonds is 5. The number of aryl methyl sites for hydroxylation is 3. The molecule has 5 nitrogen and oxygen atoms in total. The van der Waals surface area contributed by atoms with Gasteiger partial charge in [0.1, 0.15) is 0 Å². The van der Waals surface area contributed by atoms with Gasteiger partial charge in [-0.25, -0.2) is 4.98 Å². The zero-order valence-electron chi connectivity index (χ0n) is 15.6. The quantitative estimate of drug-likeness (QED) is 0.626. The van der Waals surface area contributed by atoms with Crippen molar-refractivity contribution in [1.29, 1.82) is 0 Å². The second kappa shape index (κ2) is 7.87. The van der Waals surface area contributed by atoms with Gasteiger partial charge in [-0.1, -0.05) is 43.3 Å². The van der Waals surface area contributed by atoms with Crippen LogP contribution in [0.5, 0.6) is 0 Å². The highest BCUT2D eigenvalue weighted by Crippen LogP contribution is 2.25. The summed E-state index contributed by atoms with van der Waals surface area (Å²) < 4.78 is 0. The molecule has 0 aliphatic carbocycles. The minimum atomic E-state index is -0.384. The van der Waals surface area contributed by atoms with Crippen LogP contribution in [0.1, 0.15) is 49.1 Å². The first kappa shape index (κ1) is 19.2. The van der Waals surface area contributed by atoms with E-state index in [2.05, 4.69) is 15.3 Å². The zero-order chi connectivity index (χ0) is 18.7. The van der Waals surface area contributed by atoms with Crippen LogP contribution in [0.4, 0.5) is 5.69 Å². The first-order chi connectivity index (χ1) is 11.7. The fourth-order valence-corrected chi connectivity index (χ4v) is 3.45. The molecule has 0 spiro atoms. The number of hydrogen-bond donors (Lipinski definition) is 2. The van der Waals surface area contributed by atoms with Crippen molar-refractivity contribution >= 4 is 23.4 Å². The molecule has 1 aromatic carbocycles. The number of anilines is 1. The van der Waals surface area contributed by atoms with Crippen molar-refractivity contribution in [2.75, 3.05) is 5.32 Å². The predicted molar refractivity (Wildman–Crippen MR) is 104 cm³/mol. The van der Waals surface area contributed by atoms with Crippen LogP contribution in [0.25, 0.3) is 0 Å². The number of carbonyl (C=O) groups is 1. The Kier molecular flexibility index (Phi) is 6.06. The number of thioether (sulfide) groups is 1. The Morgan fingerprint density at radius 3 is 2.28 bits per heavy atom. The van der Waals surface area contributed by atoms with Crippen LogP contribution in [0.2, 0.25) is 0 Å².